The van der Waals surface area contributed by atoms with Gasteiger partial charge in [-0.3, -0.25) is 4.79 Å². The highest BCUT2D eigenvalue weighted by molar-refractivity contribution is 7.20. The van der Waals surface area contributed by atoms with Crippen LogP contribution in [0.2, 0.25) is 0 Å². The lowest BCUT2D eigenvalue weighted by atomic mass is 9.12. The van der Waals surface area contributed by atoms with E-state index in [4.69, 9.17) is 10.00 Å². The Hall–Kier alpha value is -7.65. The Morgan fingerprint density at radius 1 is 0.441 bits per heavy atom. The fourth-order valence-electron chi connectivity index (χ4n) is 7.36. The van der Waals surface area contributed by atoms with Gasteiger partial charge in [0.1, 0.15) is 58.8 Å². The number of carbonyl (C=O) groups is 1. The number of Topliss-reactive ketones (excluding diaryl/α,β-unsaturated/α-hetero) is 1. The van der Waals surface area contributed by atoms with E-state index in [1.165, 1.54) is 0 Å². The van der Waals surface area contributed by atoms with Gasteiger partial charge in [0.2, 0.25) is 12.3 Å². The Kier molecular flexibility index (Phi) is 13.9. The van der Waals surface area contributed by atoms with Crippen LogP contribution in [0.25, 0.3) is 10.8 Å². The quantitative estimate of drug-likeness (QED) is 0.0364. The van der Waals surface area contributed by atoms with Crippen molar-refractivity contribution < 1.29 is 102 Å². The number of fused-ring (bicyclic) bond motifs is 1. The number of nitriles is 1. The van der Waals surface area contributed by atoms with E-state index in [0.717, 1.165) is 10.8 Å². The Balaban J connectivity index is 0.000000276. The number of rotatable bonds is 9. The van der Waals surface area contributed by atoms with Crippen molar-refractivity contribution in [3.8, 4) is 11.9 Å². The average Bonchev–Trinajstić information content (AvgIpc) is 3.33. The lowest BCUT2D eigenvalue weighted by Gasteiger charge is -2.44. The number of hydrogen-bond acceptors (Lipinski definition) is 3. The number of ketones is 1. The van der Waals surface area contributed by atoms with Crippen LogP contribution in [0.15, 0.2) is 66.9 Å². The highest BCUT2D eigenvalue weighted by Gasteiger charge is 2.52. The summed E-state index contributed by atoms with van der Waals surface area (Å²) in [5, 5.41) is 10.7. The third kappa shape index (κ3) is 7.85. The van der Waals surface area contributed by atoms with E-state index in [1.807, 2.05) is 60.8 Å². The zero-order valence-corrected chi connectivity index (χ0v) is 32.6. The fourth-order valence-corrected chi connectivity index (χ4v) is 7.36. The summed E-state index contributed by atoms with van der Waals surface area (Å²) in [4.78, 5) is 12.4. The predicted octanol–water partition coefficient (Wildman–Crippen LogP) is 8.76. The third-order valence-corrected chi connectivity index (χ3v) is 10.3. The maximum Gasteiger partial charge on any atom is 0.377 e. The molecule has 7 aromatic rings. The fraction of sp³-hybridized carbons (Fsp3) is 0.0465. The summed E-state index contributed by atoms with van der Waals surface area (Å²) in [6.07, 6.45) is -5.40. The minimum atomic E-state index is -7.22. The largest absolute Gasteiger partial charge is 0.428 e. The van der Waals surface area contributed by atoms with Crippen molar-refractivity contribution in [1.29, 1.82) is 5.26 Å². The molecular weight excluding hydrogens is 967 g/mol. The van der Waals surface area contributed by atoms with E-state index < -0.39 is 144 Å². The first-order valence-electron chi connectivity index (χ1n) is 18.2. The molecule has 0 aliphatic heterocycles. The average molecular weight is 982 g/mol. The van der Waals surface area contributed by atoms with Gasteiger partial charge >= 0.3 is 5.88 Å². The van der Waals surface area contributed by atoms with E-state index in [-0.39, 0.29) is 18.9 Å². The standard InChI is InChI=1S/C24BF20.C19H15N2O2/c26-5-1(6(27)14(35)21(42)13(5)34)25(2-7(28)15(36)22(43)16(37)8(2)29,3-9(30)17(38)23(44)18(39)10(3)31)4-11(32)19(40)24(45)20(41)12(4)33;20-11-13-23-19-17-9-5-4-6-15(17)10-12-21(19)14-18(22)16-7-2-1-3-8-16/h;1-10,12H,13-14H2/q-1;+1. The smallest absolute Gasteiger partial charge is 0.377 e. The molecule has 0 spiro atoms. The van der Waals surface area contributed by atoms with Crippen molar-refractivity contribution in [2.24, 2.45) is 0 Å². The lowest BCUT2D eigenvalue weighted by Crippen LogP contribution is -2.81. The van der Waals surface area contributed by atoms with Crippen LogP contribution in [0.1, 0.15) is 10.4 Å². The van der Waals surface area contributed by atoms with Crippen LogP contribution in [0.3, 0.4) is 0 Å². The molecule has 0 saturated carbocycles. The van der Waals surface area contributed by atoms with Gasteiger partial charge < -0.3 is 4.74 Å². The maximum atomic E-state index is 15.4. The summed E-state index contributed by atoms with van der Waals surface area (Å²) in [6.45, 7) is 0.100. The first-order chi connectivity index (χ1) is 32.0. The highest BCUT2D eigenvalue weighted by atomic mass is 19.2. The summed E-state index contributed by atoms with van der Waals surface area (Å²) >= 11 is 0. The zero-order chi connectivity index (χ0) is 50.4. The van der Waals surface area contributed by atoms with Crippen LogP contribution in [0.5, 0.6) is 5.88 Å². The molecule has 25 heteroatoms. The molecule has 352 valence electrons. The molecule has 1 aromatic heterocycles. The Bertz CT molecular complexity index is 2880. The molecule has 0 N–H and O–H groups in total. The van der Waals surface area contributed by atoms with Crippen molar-refractivity contribution in [3.63, 3.8) is 0 Å². The van der Waals surface area contributed by atoms with Gasteiger partial charge in [0.25, 0.3) is 0 Å². The number of hydrogen-bond donors (Lipinski definition) is 0. The van der Waals surface area contributed by atoms with E-state index >= 15 is 35.1 Å². The molecule has 0 atom stereocenters. The number of halogens is 20. The van der Waals surface area contributed by atoms with Crippen molar-refractivity contribution in [3.05, 3.63) is 189 Å². The SMILES string of the molecule is Fc1c(F)c(F)c([B-](c2c(F)c(F)c(F)c(F)c2F)(c2c(F)c(F)c(F)c(F)c2F)c2c(F)c(F)c(F)c(F)c2F)c(F)c1F.N#CCOc1c2ccccc2cc[n+]1CC(=O)c1ccccc1. The molecule has 1 heterocycles. The number of nitrogens with zero attached hydrogens (tertiary/aromatic N) is 2. The number of aromatic nitrogens is 1. The predicted molar refractivity (Wildman–Crippen MR) is 195 cm³/mol. The molecule has 0 aliphatic carbocycles. The van der Waals surface area contributed by atoms with Gasteiger partial charge in [-0.15, -0.1) is 21.9 Å². The monoisotopic (exact) mass is 982 g/mol. The van der Waals surface area contributed by atoms with E-state index in [0.29, 0.717) is 11.4 Å². The van der Waals surface area contributed by atoms with Gasteiger partial charge in [-0.25, -0.2) is 87.8 Å². The minimum Gasteiger partial charge on any atom is -0.428 e. The van der Waals surface area contributed by atoms with Crippen LogP contribution >= 0.6 is 0 Å². The highest BCUT2D eigenvalue weighted by Crippen LogP contribution is 2.31. The molecule has 4 nitrogen and oxygen atoms in total. The van der Waals surface area contributed by atoms with E-state index in [1.54, 1.807) is 16.7 Å². The number of ether oxygens (including phenoxy) is 1. The first kappa shape index (κ1) is 49.8. The Labute approximate surface area is 365 Å². The summed E-state index contributed by atoms with van der Waals surface area (Å²) in [7, 11) is 0. The summed E-state index contributed by atoms with van der Waals surface area (Å²) in [5.74, 6) is -70.9. The number of pyridine rings is 1. The van der Waals surface area contributed by atoms with Gasteiger partial charge in [-0.1, -0.05) is 48.5 Å². The topological polar surface area (TPSA) is 54.0 Å². The van der Waals surface area contributed by atoms with Crippen LogP contribution in [0.4, 0.5) is 87.8 Å². The molecule has 0 radical (unpaired) electrons. The normalized spacial score (nSPS) is 11.4. The van der Waals surface area contributed by atoms with Gasteiger partial charge in [0.15, 0.2) is 82.6 Å². The van der Waals surface area contributed by atoms with Crippen molar-refractivity contribution in [2.75, 3.05) is 6.61 Å². The molecular formula is C43H15BF20N2O2. The molecule has 6 aromatic carbocycles. The molecule has 0 unspecified atom stereocenters. The van der Waals surface area contributed by atoms with Gasteiger partial charge in [-0.2, -0.15) is 9.83 Å². The molecule has 0 fully saturated rings. The lowest BCUT2D eigenvalue weighted by molar-refractivity contribution is -0.687. The maximum absolute atomic E-state index is 15.4. The van der Waals surface area contributed by atoms with Crippen molar-refractivity contribution in [2.45, 2.75) is 6.54 Å². The summed E-state index contributed by atoms with van der Waals surface area (Å²) < 4.78 is 301. The third-order valence-electron chi connectivity index (χ3n) is 10.3. The van der Waals surface area contributed by atoms with E-state index in [2.05, 4.69) is 0 Å². The van der Waals surface area contributed by atoms with E-state index in [9.17, 15) is 57.5 Å². The van der Waals surface area contributed by atoms with Crippen molar-refractivity contribution in [1.82, 2.24) is 0 Å². The van der Waals surface area contributed by atoms with Gasteiger partial charge in [-0.05, 0) is 11.5 Å². The Morgan fingerprint density at radius 2 is 0.750 bits per heavy atom. The van der Waals surface area contributed by atoms with Gasteiger partial charge in [0.05, 0.1) is 5.39 Å². The molecule has 0 amide bonds. The van der Waals surface area contributed by atoms with Crippen LogP contribution in [-0.4, -0.2) is 18.5 Å². The zero-order valence-electron chi connectivity index (χ0n) is 32.6. The number of carbonyl (C=O) groups excluding carboxylic acids is 1. The van der Waals surface area contributed by atoms with Crippen molar-refractivity contribution >= 4 is 44.6 Å². The van der Waals surface area contributed by atoms with Gasteiger partial charge in [0, 0.05) is 11.6 Å². The van der Waals surface area contributed by atoms with Crippen LogP contribution in [0, 0.1) is 128 Å². The molecule has 0 bridgehead atoms. The van der Waals surface area contributed by atoms with Crippen LogP contribution in [-0.2, 0) is 6.54 Å². The second-order valence-corrected chi connectivity index (χ2v) is 13.9. The Morgan fingerprint density at radius 3 is 1.09 bits per heavy atom. The number of benzene rings is 6. The molecule has 68 heavy (non-hydrogen) atoms. The minimum absolute atomic E-state index is 0.00677. The van der Waals surface area contributed by atoms with Crippen LogP contribution < -0.4 is 31.2 Å². The summed E-state index contributed by atoms with van der Waals surface area (Å²) in [5.41, 5.74) is -13.7. The molecule has 7 rings (SSSR count). The molecule has 0 aliphatic rings. The summed E-state index contributed by atoms with van der Waals surface area (Å²) in [6, 6.07) is 20.8. The molecule has 0 saturated heterocycles. The second-order valence-electron chi connectivity index (χ2n) is 13.9. The second kappa shape index (κ2) is 18.9. The first-order valence-corrected chi connectivity index (χ1v) is 18.2.